The molecule has 0 aliphatic heterocycles. The molecule has 142 valence electrons. The van der Waals surface area contributed by atoms with Crippen LogP contribution in [0.25, 0.3) is 0 Å². The van der Waals surface area contributed by atoms with E-state index in [1.165, 1.54) is 25.3 Å². The number of hydrogen-bond donors (Lipinski definition) is 0. The normalized spacial score (nSPS) is 41.5. The first-order valence-corrected chi connectivity index (χ1v) is 10.2. The van der Waals surface area contributed by atoms with E-state index < -0.39 is 0 Å². The first-order chi connectivity index (χ1) is 12.1. The zero-order chi connectivity index (χ0) is 18.9. The molecule has 0 radical (unpaired) electrons. The van der Waals surface area contributed by atoms with Crippen LogP contribution >= 0.6 is 0 Å². The number of carbonyl (C=O) groups is 2. The van der Waals surface area contributed by atoms with Gasteiger partial charge in [-0.05, 0) is 60.8 Å². The van der Waals surface area contributed by atoms with E-state index >= 15 is 0 Å². The fraction of sp³-hybridized carbons (Fsp3) is 0.739. The zero-order valence-corrected chi connectivity index (χ0v) is 16.9. The number of carbonyl (C=O) groups excluding carboxylic acids is 2. The Morgan fingerprint density at radius 3 is 2.50 bits per heavy atom. The number of ether oxygens (including phenoxy) is 1. The number of allylic oxidation sites excluding steroid dienone is 3. The van der Waals surface area contributed by atoms with Gasteiger partial charge >= 0.3 is 0 Å². The van der Waals surface area contributed by atoms with E-state index in [1.54, 1.807) is 7.11 Å². The molecule has 0 unspecified atom stereocenters. The Morgan fingerprint density at radius 2 is 1.81 bits per heavy atom. The highest BCUT2D eigenvalue weighted by Gasteiger charge is 2.63. The average Bonchev–Trinajstić information content (AvgIpc) is 2.87. The molecule has 0 aromatic heterocycles. The number of Topliss-reactive ketones (excluding diaryl/α,β-unsaturated/α-hetero) is 1. The Hall–Kier alpha value is -1.22. The van der Waals surface area contributed by atoms with Crippen molar-refractivity contribution in [2.75, 3.05) is 13.7 Å². The molecular formula is C23H32O3. The first kappa shape index (κ1) is 18.2. The van der Waals surface area contributed by atoms with Crippen LogP contribution in [-0.2, 0) is 14.3 Å². The fourth-order valence-corrected chi connectivity index (χ4v) is 7.41. The predicted octanol–water partition coefficient (Wildman–Crippen LogP) is 4.66. The maximum atomic E-state index is 13.2. The molecule has 0 spiro atoms. The van der Waals surface area contributed by atoms with Gasteiger partial charge in [0.2, 0.25) is 0 Å². The van der Waals surface area contributed by atoms with Gasteiger partial charge in [0, 0.05) is 29.2 Å². The molecule has 4 atom stereocenters. The summed E-state index contributed by atoms with van der Waals surface area (Å²) in [5.74, 6) is 1.21. The van der Waals surface area contributed by atoms with Crippen molar-refractivity contribution in [2.24, 2.45) is 28.1 Å². The van der Waals surface area contributed by atoms with Gasteiger partial charge in [0.05, 0.1) is 6.61 Å². The van der Waals surface area contributed by atoms with E-state index in [9.17, 15) is 9.59 Å². The summed E-state index contributed by atoms with van der Waals surface area (Å²) in [5, 5.41) is 0. The molecule has 3 heteroatoms. The molecule has 4 aliphatic rings. The standard InChI is InChI=1S/C23H32O3/c1-21(2)8-6-9-22(3)17(21)7-10-23(4)18(22)12-15-16(24)11-14(13-26-5)20(25)19(15)23/h11,17-18H,6-10,12-13H2,1-5H3/t17-,18+,22-,23-/m0/s1. The third-order valence-corrected chi connectivity index (χ3v) is 8.50. The monoisotopic (exact) mass is 356 g/mol. The minimum Gasteiger partial charge on any atom is -0.380 e. The predicted molar refractivity (Wildman–Crippen MR) is 102 cm³/mol. The molecule has 4 aliphatic carbocycles. The SMILES string of the molecule is COCC1=CC(=O)C2=C(C1=O)[C@@]1(C)CC[C@H]3C(C)(C)CCC[C@]3(C)[C@H]1C2. The molecule has 3 nitrogen and oxygen atoms in total. The van der Waals surface area contributed by atoms with E-state index in [-0.39, 0.29) is 29.0 Å². The highest BCUT2D eigenvalue weighted by Crippen LogP contribution is 2.70. The van der Waals surface area contributed by atoms with Gasteiger partial charge in [-0.2, -0.15) is 0 Å². The minimum absolute atomic E-state index is 0.0532. The Kier molecular flexibility index (Phi) is 3.94. The summed E-state index contributed by atoms with van der Waals surface area (Å²) in [5.41, 5.74) is 2.60. The molecule has 0 heterocycles. The van der Waals surface area contributed by atoms with Crippen LogP contribution < -0.4 is 0 Å². The maximum absolute atomic E-state index is 13.2. The summed E-state index contributed by atoms with van der Waals surface area (Å²) < 4.78 is 5.19. The summed E-state index contributed by atoms with van der Waals surface area (Å²) in [6.07, 6.45) is 8.29. The minimum atomic E-state index is -0.159. The summed E-state index contributed by atoms with van der Waals surface area (Å²) in [6, 6.07) is 0. The van der Waals surface area contributed by atoms with Gasteiger partial charge in [0.1, 0.15) is 0 Å². The van der Waals surface area contributed by atoms with E-state index in [1.807, 2.05) is 0 Å². The smallest absolute Gasteiger partial charge is 0.188 e. The largest absolute Gasteiger partial charge is 0.380 e. The van der Waals surface area contributed by atoms with Crippen LogP contribution in [-0.4, -0.2) is 25.3 Å². The lowest BCUT2D eigenvalue weighted by molar-refractivity contribution is -0.122. The van der Waals surface area contributed by atoms with Crippen LogP contribution in [0.3, 0.4) is 0 Å². The van der Waals surface area contributed by atoms with Crippen LogP contribution in [0.15, 0.2) is 22.8 Å². The van der Waals surface area contributed by atoms with Gasteiger partial charge in [-0.3, -0.25) is 9.59 Å². The van der Waals surface area contributed by atoms with Crippen molar-refractivity contribution in [3.05, 3.63) is 22.8 Å². The Bertz CT molecular complexity index is 741. The molecule has 0 saturated heterocycles. The van der Waals surface area contributed by atoms with Gasteiger partial charge < -0.3 is 4.74 Å². The van der Waals surface area contributed by atoms with Crippen molar-refractivity contribution < 1.29 is 14.3 Å². The molecule has 0 bridgehead atoms. The summed E-state index contributed by atoms with van der Waals surface area (Å²) in [7, 11) is 1.58. The second-order valence-electron chi connectivity index (χ2n) is 10.3. The molecule has 26 heavy (non-hydrogen) atoms. The lowest BCUT2D eigenvalue weighted by Crippen LogP contribution is -2.54. The number of methoxy groups -OCH3 is 1. The van der Waals surface area contributed by atoms with Crippen molar-refractivity contribution >= 4 is 11.6 Å². The number of hydrogen-bond acceptors (Lipinski definition) is 3. The molecule has 4 rings (SSSR count). The van der Waals surface area contributed by atoms with E-state index in [4.69, 9.17) is 4.74 Å². The highest BCUT2D eigenvalue weighted by atomic mass is 16.5. The first-order valence-electron chi connectivity index (χ1n) is 10.2. The summed E-state index contributed by atoms with van der Waals surface area (Å²) in [6.45, 7) is 9.81. The van der Waals surface area contributed by atoms with Gasteiger partial charge in [0.25, 0.3) is 0 Å². The van der Waals surface area contributed by atoms with E-state index in [0.717, 1.165) is 30.4 Å². The van der Waals surface area contributed by atoms with Gasteiger partial charge in [0.15, 0.2) is 11.6 Å². The van der Waals surface area contributed by atoms with Crippen LogP contribution in [0, 0.1) is 28.1 Å². The number of ketones is 2. The summed E-state index contributed by atoms with van der Waals surface area (Å²) in [4.78, 5) is 26.1. The lowest BCUT2D eigenvalue weighted by Gasteiger charge is -2.61. The lowest BCUT2D eigenvalue weighted by atomic mass is 9.43. The number of fused-ring (bicyclic) bond motifs is 4. The Morgan fingerprint density at radius 1 is 1.08 bits per heavy atom. The summed E-state index contributed by atoms with van der Waals surface area (Å²) >= 11 is 0. The van der Waals surface area contributed by atoms with Crippen molar-refractivity contribution in [3.8, 4) is 0 Å². The molecule has 0 N–H and O–H groups in total. The third-order valence-electron chi connectivity index (χ3n) is 8.50. The fourth-order valence-electron chi connectivity index (χ4n) is 7.41. The van der Waals surface area contributed by atoms with Crippen molar-refractivity contribution in [1.29, 1.82) is 0 Å². The van der Waals surface area contributed by atoms with Gasteiger partial charge in [-0.15, -0.1) is 0 Å². The van der Waals surface area contributed by atoms with Crippen LogP contribution in [0.1, 0.15) is 66.2 Å². The quantitative estimate of drug-likeness (QED) is 0.676. The average molecular weight is 357 g/mol. The van der Waals surface area contributed by atoms with Crippen molar-refractivity contribution in [1.82, 2.24) is 0 Å². The Labute approximate surface area is 157 Å². The second-order valence-corrected chi connectivity index (χ2v) is 10.3. The van der Waals surface area contributed by atoms with Crippen LogP contribution in [0.4, 0.5) is 0 Å². The van der Waals surface area contributed by atoms with E-state index in [2.05, 4.69) is 27.7 Å². The topological polar surface area (TPSA) is 43.4 Å². The highest BCUT2D eigenvalue weighted by molar-refractivity contribution is 6.24. The molecule has 0 amide bonds. The second kappa shape index (κ2) is 5.64. The third kappa shape index (κ3) is 2.22. The molecule has 2 saturated carbocycles. The number of rotatable bonds is 2. The zero-order valence-electron chi connectivity index (χ0n) is 16.9. The van der Waals surface area contributed by atoms with Gasteiger partial charge in [-0.25, -0.2) is 0 Å². The maximum Gasteiger partial charge on any atom is 0.188 e. The van der Waals surface area contributed by atoms with Crippen LogP contribution in [0.5, 0.6) is 0 Å². The molecule has 0 aromatic rings. The molecule has 2 fully saturated rings. The van der Waals surface area contributed by atoms with E-state index in [0.29, 0.717) is 22.8 Å². The molecular weight excluding hydrogens is 324 g/mol. The van der Waals surface area contributed by atoms with Gasteiger partial charge in [-0.1, -0.05) is 34.1 Å². The Balaban J connectivity index is 1.76. The molecule has 0 aromatic carbocycles. The van der Waals surface area contributed by atoms with Crippen molar-refractivity contribution in [3.63, 3.8) is 0 Å². The van der Waals surface area contributed by atoms with Crippen molar-refractivity contribution in [2.45, 2.75) is 66.2 Å². The van der Waals surface area contributed by atoms with Crippen LogP contribution in [0.2, 0.25) is 0 Å².